The standard InChI is InChI=1S/C28H27F3N6O2/c1-17-22(16-36(2)35-17)26(38)32-20-9-7-18(8-10-20)19-11-13-37(14-12-19)27(39)25-15-24(33-34-25)21-5-3-4-6-23(21)28(29,30)31/h3-10,15-16,19H,11-14H2,1-2H3,(H,32,38)(H,33,34). The fourth-order valence-corrected chi connectivity index (χ4v) is 4.97. The van der Waals surface area contributed by atoms with Gasteiger partial charge >= 0.3 is 6.18 Å². The number of anilines is 1. The van der Waals surface area contributed by atoms with Crippen molar-refractivity contribution in [1.29, 1.82) is 0 Å². The number of aryl methyl sites for hydroxylation is 2. The fourth-order valence-electron chi connectivity index (χ4n) is 4.97. The van der Waals surface area contributed by atoms with E-state index in [9.17, 15) is 22.8 Å². The first-order valence-electron chi connectivity index (χ1n) is 12.5. The highest BCUT2D eigenvalue weighted by atomic mass is 19.4. The molecule has 0 aliphatic carbocycles. The number of aromatic amines is 1. The van der Waals surface area contributed by atoms with Gasteiger partial charge < -0.3 is 10.2 Å². The van der Waals surface area contributed by atoms with Crippen LogP contribution < -0.4 is 5.32 Å². The summed E-state index contributed by atoms with van der Waals surface area (Å²) in [7, 11) is 1.77. The van der Waals surface area contributed by atoms with E-state index in [2.05, 4.69) is 20.6 Å². The minimum atomic E-state index is -4.52. The van der Waals surface area contributed by atoms with Gasteiger partial charge in [-0.15, -0.1) is 0 Å². The summed E-state index contributed by atoms with van der Waals surface area (Å²) in [5, 5.41) is 13.7. The van der Waals surface area contributed by atoms with Gasteiger partial charge in [0.05, 0.1) is 22.5 Å². The van der Waals surface area contributed by atoms with Crippen molar-refractivity contribution in [3.63, 3.8) is 0 Å². The molecule has 8 nitrogen and oxygen atoms in total. The maximum atomic E-state index is 13.4. The van der Waals surface area contributed by atoms with E-state index in [4.69, 9.17) is 0 Å². The monoisotopic (exact) mass is 536 g/mol. The molecule has 2 N–H and O–H groups in total. The Kier molecular flexibility index (Phi) is 6.98. The molecule has 0 atom stereocenters. The van der Waals surface area contributed by atoms with Crippen LogP contribution in [0.2, 0.25) is 0 Å². The molecule has 2 aromatic heterocycles. The molecular formula is C28H27F3N6O2. The number of benzene rings is 2. The molecule has 1 aliphatic rings. The van der Waals surface area contributed by atoms with Crippen molar-refractivity contribution in [2.75, 3.05) is 18.4 Å². The van der Waals surface area contributed by atoms with Gasteiger partial charge in [-0.3, -0.25) is 19.4 Å². The van der Waals surface area contributed by atoms with Gasteiger partial charge in [0.2, 0.25) is 0 Å². The summed E-state index contributed by atoms with van der Waals surface area (Å²) in [5.74, 6) is -0.264. The van der Waals surface area contributed by atoms with E-state index in [1.807, 2.05) is 24.3 Å². The van der Waals surface area contributed by atoms with E-state index in [1.165, 1.54) is 24.3 Å². The van der Waals surface area contributed by atoms with Crippen LogP contribution in [0.1, 0.15) is 56.4 Å². The third-order valence-electron chi connectivity index (χ3n) is 7.00. The summed E-state index contributed by atoms with van der Waals surface area (Å²) in [6.07, 6.45) is -1.36. The summed E-state index contributed by atoms with van der Waals surface area (Å²) >= 11 is 0. The van der Waals surface area contributed by atoms with E-state index in [0.29, 0.717) is 30.0 Å². The maximum Gasteiger partial charge on any atom is 0.417 e. The van der Waals surface area contributed by atoms with Gasteiger partial charge in [-0.1, -0.05) is 30.3 Å². The number of hydrogen-bond donors (Lipinski definition) is 2. The molecule has 11 heteroatoms. The van der Waals surface area contributed by atoms with Crippen LogP contribution in [0, 0.1) is 6.92 Å². The molecule has 0 saturated carbocycles. The molecule has 0 spiro atoms. The quantitative estimate of drug-likeness (QED) is 0.357. The number of aromatic nitrogens is 4. The van der Waals surface area contributed by atoms with Crippen LogP contribution in [0.15, 0.2) is 60.8 Å². The van der Waals surface area contributed by atoms with E-state index in [-0.39, 0.29) is 34.7 Å². The lowest BCUT2D eigenvalue weighted by molar-refractivity contribution is -0.137. The first-order chi connectivity index (χ1) is 18.6. The molecule has 1 aliphatic heterocycles. The van der Waals surface area contributed by atoms with E-state index in [1.54, 1.807) is 29.7 Å². The Morgan fingerprint density at radius 3 is 2.38 bits per heavy atom. The molecule has 0 radical (unpaired) electrons. The minimum absolute atomic E-state index is 0.0748. The summed E-state index contributed by atoms with van der Waals surface area (Å²) < 4.78 is 41.8. The minimum Gasteiger partial charge on any atom is -0.337 e. The van der Waals surface area contributed by atoms with Crippen LogP contribution in [0.4, 0.5) is 18.9 Å². The summed E-state index contributed by atoms with van der Waals surface area (Å²) in [4.78, 5) is 27.3. The highest BCUT2D eigenvalue weighted by Gasteiger charge is 2.34. The van der Waals surface area contributed by atoms with Crippen molar-refractivity contribution in [2.45, 2.75) is 31.9 Å². The molecule has 2 aromatic carbocycles. The summed E-state index contributed by atoms with van der Waals surface area (Å²) in [5.41, 5.74) is 2.34. The molecule has 39 heavy (non-hydrogen) atoms. The van der Waals surface area contributed by atoms with Gasteiger partial charge in [0.1, 0.15) is 5.69 Å². The van der Waals surface area contributed by atoms with E-state index >= 15 is 0 Å². The van der Waals surface area contributed by atoms with E-state index in [0.717, 1.165) is 24.5 Å². The normalized spacial score (nSPS) is 14.4. The van der Waals surface area contributed by atoms with E-state index < -0.39 is 11.7 Å². The Labute approximate surface area is 222 Å². The highest BCUT2D eigenvalue weighted by molar-refractivity contribution is 6.04. The van der Waals surface area contributed by atoms with Crippen molar-refractivity contribution >= 4 is 17.5 Å². The molecule has 4 aromatic rings. The summed E-state index contributed by atoms with van der Waals surface area (Å²) in [6.45, 7) is 2.80. The van der Waals surface area contributed by atoms with Crippen molar-refractivity contribution in [1.82, 2.24) is 24.9 Å². The Morgan fingerprint density at radius 1 is 1.05 bits per heavy atom. The van der Waals surface area contributed by atoms with Crippen LogP contribution in [0.5, 0.6) is 0 Å². The second-order valence-corrected chi connectivity index (χ2v) is 9.65. The third kappa shape index (κ3) is 5.57. The molecular weight excluding hydrogens is 509 g/mol. The second-order valence-electron chi connectivity index (χ2n) is 9.65. The third-order valence-corrected chi connectivity index (χ3v) is 7.00. The van der Waals surface area contributed by atoms with Crippen LogP contribution in [0.3, 0.4) is 0 Å². The zero-order chi connectivity index (χ0) is 27.7. The van der Waals surface area contributed by atoms with Gasteiger partial charge in [-0.2, -0.15) is 23.4 Å². The predicted molar refractivity (Wildman–Crippen MR) is 139 cm³/mol. The zero-order valence-electron chi connectivity index (χ0n) is 21.4. The van der Waals surface area contributed by atoms with Crippen LogP contribution in [-0.4, -0.2) is 49.8 Å². The molecule has 3 heterocycles. The van der Waals surface area contributed by atoms with Crippen LogP contribution in [-0.2, 0) is 13.2 Å². The zero-order valence-corrected chi connectivity index (χ0v) is 21.4. The number of halogens is 3. The van der Waals surface area contributed by atoms with Gasteiger partial charge in [-0.25, -0.2) is 0 Å². The van der Waals surface area contributed by atoms with Crippen LogP contribution >= 0.6 is 0 Å². The molecule has 0 unspecified atom stereocenters. The molecule has 1 saturated heterocycles. The predicted octanol–water partition coefficient (Wildman–Crippen LogP) is 5.41. The lowest BCUT2D eigenvalue weighted by Gasteiger charge is -2.32. The Hall–Kier alpha value is -4.41. The number of likely N-dealkylation sites (tertiary alicyclic amines) is 1. The van der Waals surface area contributed by atoms with Crippen molar-refractivity contribution in [2.24, 2.45) is 7.05 Å². The number of nitrogens with zero attached hydrogens (tertiary/aromatic N) is 4. The molecule has 5 rings (SSSR count). The van der Waals surface area contributed by atoms with Crippen molar-refractivity contribution < 1.29 is 22.8 Å². The number of carbonyl (C=O) groups excluding carboxylic acids is 2. The van der Waals surface area contributed by atoms with Crippen LogP contribution in [0.25, 0.3) is 11.3 Å². The number of hydrogen-bond acceptors (Lipinski definition) is 4. The second kappa shape index (κ2) is 10.4. The smallest absolute Gasteiger partial charge is 0.337 e. The van der Waals surface area contributed by atoms with Gasteiger partial charge in [0.15, 0.2) is 0 Å². The number of H-pyrrole nitrogens is 1. The average molecular weight is 537 g/mol. The number of amides is 2. The molecule has 2 amide bonds. The van der Waals surface area contributed by atoms with Gasteiger partial charge in [0.25, 0.3) is 11.8 Å². The topological polar surface area (TPSA) is 95.9 Å². The Morgan fingerprint density at radius 2 is 1.74 bits per heavy atom. The highest BCUT2D eigenvalue weighted by Crippen LogP contribution is 2.36. The maximum absolute atomic E-state index is 13.4. The fraction of sp³-hybridized carbons (Fsp3) is 0.286. The van der Waals surface area contributed by atoms with Gasteiger partial charge in [0, 0.05) is 37.6 Å². The molecule has 0 bridgehead atoms. The number of carbonyl (C=O) groups is 2. The number of alkyl halides is 3. The first-order valence-corrected chi connectivity index (χ1v) is 12.5. The van der Waals surface area contributed by atoms with Gasteiger partial charge in [-0.05, 0) is 55.5 Å². The SMILES string of the molecule is Cc1nn(C)cc1C(=O)Nc1ccc(C2CCN(C(=O)c3cc(-c4ccccc4C(F)(F)F)n[nH]3)CC2)cc1. The Bertz CT molecular complexity index is 1500. The molecule has 1 fully saturated rings. The lowest BCUT2D eigenvalue weighted by Crippen LogP contribution is -2.38. The average Bonchev–Trinajstić information content (AvgIpc) is 3.54. The number of rotatable bonds is 5. The number of piperidine rings is 1. The number of nitrogens with one attached hydrogen (secondary N) is 2. The lowest BCUT2D eigenvalue weighted by atomic mass is 9.89. The van der Waals surface area contributed by atoms with Crippen molar-refractivity contribution in [3.8, 4) is 11.3 Å². The summed E-state index contributed by atoms with van der Waals surface area (Å²) in [6, 6.07) is 14.2. The largest absolute Gasteiger partial charge is 0.417 e. The Balaban J connectivity index is 1.19. The van der Waals surface area contributed by atoms with Crippen molar-refractivity contribution in [3.05, 3.63) is 88.9 Å². The molecule has 202 valence electrons. The first kappa shape index (κ1) is 26.2.